The highest BCUT2D eigenvalue weighted by Gasteiger charge is 2.22. The molecule has 0 aliphatic carbocycles. The number of ether oxygens (including phenoxy) is 1. The number of benzene rings is 1. The van der Waals surface area contributed by atoms with E-state index in [4.69, 9.17) is 16.3 Å². The van der Waals surface area contributed by atoms with Crippen LogP contribution in [0.4, 0.5) is 5.69 Å². The van der Waals surface area contributed by atoms with Gasteiger partial charge in [0.15, 0.2) is 6.61 Å². The summed E-state index contributed by atoms with van der Waals surface area (Å²) in [6.07, 6.45) is 0. The molecule has 98 valence electrons. The minimum Gasteiger partial charge on any atom is -0.482 e. The van der Waals surface area contributed by atoms with Gasteiger partial charge in [-0.15, -0.1) is 11.6 Å². The van der Waals surface area contributed by atoms with Crippen LogP contribution in [0.1, 0.15) is 31.7 Å². The van der Waals surface area contributed by atoms with Gasteiger partial charge in [0.1, 0.15) is 5.75 Å². The third-order valence-corrected chi connectivity index (χ3v) is 4.12. The van der Waals surface area contributed by atoms with Crippen LogP contribution in [-0.2, 0) is 4.79 Å². The minimum absolute atomic E-state index is 0.0610. The SMILES string of the molecule is CC(C)C(C)C(Cl)c1ccc2c(c1)NC(=O)CO2. The maximum absolute atomic E-state index is 11.3. The zero-order valence-corrected chi connectivity index (χ0v) is 11.6. The first-order valence-electron chi connectivity index (χ1n) is 6.19. The van der Waals surface area contributed by atoms with Crippen molar-refractivity contribution in [1.29, 1.82) is 0 Å². The Morgan fingerprint density at radius 1 is 1.33 bits per heavy atom. The second-order valence-corrected chi connectivity index (χ2v) is 5.57. The van der Waals surface area contributed by atoms with Crippen molar-refractivity contribution in [2.75, 3.05) is 11.9 Å². The molecular formula is C14H18ClNO2. The van der Waals surface area contributed by atoms with Crippen molar-refractivity contribution in [1.82, 2.24) is 0 Å². The number of fused-ring (bicyclic) bond motifs is 1. The fraction of sp³-hybridized carbons (Fsp3) is 0.500. The van der Waals surface area contributed by atoms with Crippen molar-refractivity contribution in [2.45, 2.75) is 26.1 Å². The molecule has 0 aromatic heterocycles. The first kappa shape index (κ1) is 13.2. The van der Waals surface area contributed by atoms with Crippen LogP contribution in [0.2, 0.25) is 0 Å². The molecule has 0 spiro atoms. The van der Waals surface area contributed by atoms with Gasteiger partial charge in [0, 0.05) is 0 Å². The van der Waals surface area contributed by atoms with Crippen LogP contribution in [0, 0.1) is 11.8 Å². The van der Waals surface area contributed by atoms with Crippen molar-refractivity contribution < 1.29 is 9.53 Å². The Kier molecular flexibility index (Phi) is 3.81. The highest BCUT2D eigenvalue weighted by atomic mass is 35.5. The molecule has 2 rings (SSSR count). The largest absolute Gasteiger partial charge is 0.482 e. The summed E-state index contributed by atoms with van der Waals surface area (Å²) in [5.41, 5.74) is 1.73. The number of hydrogen-bond acceptors (Lipinski definition) is 2. The van der Waals surface area contributed by atoms with E-state index in [1.165, 1.54) is 0 Å². The Hall–Kier alpha value is -1.22. The van der Waals surface area contributed by atoms with E-state index in [0.717, 1.165) is 5.56 Å². The van der Waals surface area contributed by atoms with Crippen LogP contribution in [0.5, 0.6) is 5.75 Å². The van der Waals surface area contributed by atoms with Gasteiger partial charge in [-0.2, -0.15) is 0 Å². The van der Waals surface area contributed by atoms with E-state index in [-0.39, 0.29) is 17.9 Å². The molecule has 0 saturated heterocycles. The molecule has 0 radical (unpaired) electrons. The van der Waals surface area contributed by atoms with Crippen molar-refractivity contribution in [3.8, 4) is 5.75 Å². The molecule has 2 unspecified atom stereocenters. The molecule has 3 nitrogen and oxygen atoms in total. The molecule has 0 bridgehead atoms. The second kappa shape index (κ2) is 5.19. The number of rotatable bonds is 3. The predicted molar refractivity (Wildman–Crippen MR) is 73.2 cm³/mol. The number of hydrogen-bond donors (Lipinski definition) is 1. The molecule has 2 atom stereocenters. The third kappa shape index (κ3) is 2.61. The average Bonchev–Trinajstić information content (AvgIpc) is 2.35. The van der Waals surface area contributed by atoms with Gasteiger partial charge in [-0.1, -0.05) is 26.8 Å². The van der Waals surface area contributed by atoms with Crippen LogP contribution >= 0.6 is 11.6 Å². The molecule has 1 N–H and O–H groups in total. The number of amides is 1. The summed E-state index contributed by atoms with van der Waals surface area (Å²) in [4.78, 5) is 11.3. The van der Waals surface area contributed by atoms with Gasteiger partial charge < -0.3 is 10.1 Å². The van der Waals surface area contributed by atoms with Crippen LogP contribution in [0.15, 0.2) is 18.2 Å². The summed E-state index contributed by atoms with van der Waals surface area (Å²) < 4.78 is 5.32. The van der Waals surface area contributed by atoms with Crippen molar-refractivity contribution in [2.24, 2.45) is 11.8 Å². The number of carbonyl (C=O) groups is 1. The van der Waals surface area contributed by atoms with Gasteiger partial charge in [0.2, 0.25) is 0 Å². The molecule has 1 aromatic carbocycles. The van der Waals surface area contributed by atoms with E-state index in [1.807, 2.05) is 18.2 Å². The van der Waals surface area contributed by atoms with Crippen LogP contribution in [0.25, 0.3) is 0 Å². The fourth-order valence-electron chi connectivity index (χ4n) is 1.91. The molecule has 1 aromatic rings. The Labute approximate surface area is 112 Å². The van der Waals surface area contributed by atoms with Crippen LogP contribution in [-0.4, -0.2) is 12.5 Å². The molecule has 0 fully saturated rings. The zero-order valence-electron chi connectivity index (χ0n) is 10.9. The molecule has 1 aliphatic heterocycles. The van der Waals surface area contributed by atoms with Crippen LogP contribution in [0.3, 0.4) is 0 Å². The fourth-order valence-corrected chi connectivity index (χ4v) is 2.34. The minimum atomic E-state index is -0.123. The zero-order chi connectivity index (χ0) is 13.3. The highest BCUT2D eigenvalue weighted by Crippen LogP contribution is 2.37. The first-order valence-corrected chi connectivity index (χ1v) is 6.63. The third-order valence-electron chi connectivity index (χ3n) is 3.47. The summed E-state index contributed by atoms with van der Waals surface area (Å²) in [6, 6.07) is 5.74. The molecule has 1 aliphatic rings. The van der Waals surface area contributed by atoms with E-state index >= 15 is 0 Å². The van der Waals surface area contributed by atoms with Crippen LogP contribution < -0.4 is 10.1 Å². The van der Waals surface area contributed by atoms with Gasteiger partial charge in [-0.3, -0.25) is 4.79 Å². The van der Waals surface area contributed by atoms with E-state index in [9.17, 15) is 4.79 Å². The Balaban J connectivity index is 2.25. The Morgan fingerprint density at radius 2 is 2.06 bits per heavy atom. The number of halogens is 1. The Morgan fingerprint density at radius 3 is 2.72 bits per heavy atom. The monoisotopic (exact) mass is 267 g/mol. The molecule has 1 amide bonds. The summed E-state index contributed by atoms with van der Waals surface area (Å²) in [5.74, 6) is 1.46. The normalized spacial score (nSPS) is 17.7. The summed E-state index contributed by atoms with van der Waals surface area (Å²) in [5, 5.41) is 2.74. The highest BCUT2D eigenvalue weighted by molar-refractivity contribution is 6.21. The van der Waals surface area contributed by atoms with Crippen molar-refractivity contribution >= 4 is 23.2 Å². The van der Waals surface area contributed by atoms with Gasteiger partial charge in [0.25, 0.3) is 5.91 Å². The van der Waals surface area contributed by atoms with Crippen molar-refractivity contribution in [3.63, 3.8) is 0 Å². The topological polar surface area (TPSA) is 38.3 Å². The molecular weight excluding hydrogens is 250 g/mol. The summed E-state index contributed by atoms with van der Waals surface area (Å²) in [7, 11) is 0. The molecule has 0 saturated carbocycles. The predicted octanol–water partition coefficient (Wildman–Crippen LogP) is 3.59. The van der Waals surface area contributed by atoms with E-state index in [0.29, 0.717) is 23.3 Å². The van der Waals surface area contributed by atoms with E-state index in [2.05, 4.69) is 26.1 Å². The maximum Gasteiger partial charge on any atom is 0.262 e. The lowest BCUT2D eigenvalue weighted by atomic mass is 9.90. The molecule has 4 heteroatoms. The van der Waals surface area contributed by atoms with Gasteiger partial charge in [-0.05, 0) is 29.5 Å². The molecule has 18 heavy (non-hydrogen) atoms. The van der Waals surface area contributed by atoms with Crippen molar-refractivity contribution in [3.05, 3.63) is 23.8 Å². The summed E-state index contributed by atoms with van der Waals surface area (Å²) >= 11 is 6.48. The lowest BCUT2D eigenvalue weighted by molar-refractivity contribution is -0.118. The quantitative estimate of drug-likeness (QED) is 0.850. The van der Waals surface area contributed by atoms with Gasteiger partial charge in [0.05, 0.1) is 11.1 Å². The lowest BCUT2D eigenvalue weighted by Crippen LogP contribution is -2.25. The Bertz CT molecular complexity index is 459. The van der Waals surface area contributed by atoms with E-state index < -0.39 is 0 Å². The lowest BCUT2D eigenvalue weighted by Gasteiger charge is -2.24. The average molecular weight is 268 g/mol. The van der Waals surface area contributed by atoms with Gasteiger partial charge >= 0.3 is 0 Å². The number of anilines is 1. The number of alkyl halides is 1. The number of nitrogens with one attached hydrogen (secondary N) is 1. The first-order chi connectivity index (χ1) is 8.49. The maximum atomic E-state index is 11.3. The van der Waals surface area contributed by atoms with E-state index in [1.54, 1.807) is 0 Å². The summed E-state index contributed by atoms with van der Waals surface area (Å²) in [6.45, 7) is 6.53. The second-order valence-electron chi connectivity index (χ2n) is 5.10. The molecule has 1 heterocycles. The number of carbonyl (C=O) groups excluding carboxylic acids is 1. The smallest absolute Gasteiger partial charge is 0.262 e. The standard InChI is InChI=1S/C14H18ClNO2/c1-8(2)9(3)14(15)10-4-5-12-11(6-10)16-13(17)7-18-12/h4-6,8-9,14H,7H2,1-3H3,(H,16,17). The van der Waals surface area contributed by atoms with Gasteiger partial charge in [-0.25, -0.2) is 0 Å².